The minimum Gasteiger partial charge on any atom is -0.465 e. The highest BCUT2D eigenvalue weighted by atomic mass is 79.9. The second-order valence-corrected chi connectivity index (χ2v) is 4.50. The molecule has 0 aliphatic heterocycles. The Morgan fingerprint density at radius 1 is 1.28 bits per heavy atom. The average Bonchev–Trinajstić information content (AvgIpc) is 2.89. The van der Waals surface area contributed by atoms with Gasteiger partial charge in [0.15, 0.2) is 0 Å². The molecular weight excluding hydrogens is 296 g/mol. The van der Waals surface area contributed by atoms with Crippen molar-refractivity contribution in [3.8, 4) is 0 Å². The maximum absolute atomic E-state index is 11.4. The Balaban J connectivity index is 1.83. The van der Waals surface area contributed by atoms with Crippen molar-refractivity contribution < 1.29 is 13.9 Å². The Hall–Kier alpha value is -1.81. The van der Waals surface area contributed by atoms with Crippen LogP contribution >= 0.6 is 15.9 Å². The topological polar surface area (TPSA) is 39.4 Å². The monoisotopic (exact) mass is 306 g/mol. The van der Waals surface area contributed by atoms with Gasteiger partial charge in [0.05, 0.1) is 6.26 Å². The highest BCUT2D eigenvalue weighted by molar-refractivity contribution is 9.10. The highest BCUT2D eigenvalue weighted by Crippen LogP contribution is 2.11. The molecule has 3 nitrogen and oxygen atoms in total. The van der Waals surface area contributed by atoms with Crippen LogP contribution in [0.25, 0.3) is 6.08 Å². The number of carbonyl (C=O) groups is 1. The fourth-order valence-corrected chi connectivity index (χ4v) is 1.58. The Morgan fingerprint density at radius 2 is 2.06 bits per heavy atom. The van der Waals surface area contributed by atoms with E-state index in [-0.39, 0.29) is 6.61 Å². The van der Waals surface area contributed by atoms with Gasteiger partial charge in [0.1, 0.15) is 12.4 Å². The first kappa shape index (κ1) is 12.6. The molecule has 2 aromatic rings. The normalized spacial score (nSPS) is 10.7. The molecule has 1 aromatic carbocycles. The van der Waals surface area contributed by atoms with E-state index in [0.717, 1.165) is 10.0 Å². The van der Waals surface area contributed by atoms with E-state index in [1.807, 2.05) is 24.3 Å². The zero-order valence-corrected chi connectivity index (χ0v) is 11.1. The molecule has 1 aromatic heterocycles. The van der Waals surface area contributed by atoms with Crippen LogP contribution in [0.5, 0.6) is 0 Å². The van der Waals surface area contributed by atoms with Crippen molar-refractivity contribution in [1.82, 2.24) is 0 Å². The first-order valence-electron chi connectivity index (χ1n) is 5.37. The summed E-state index contributed by atoms with van der Waals surface area (Å²) in [6.07, 6.45) is 4.47. The molecule has 0 atom stereocenters. The maximum Gasteiger partial charge on any atom is 0.331 e. The van der Waals surface area contributed by atoms with E-state index in [4.69, 9.17) is 9.15 Å². The molecule has 0 saturated heterocycles. The number of hydrogen-bond donors (Lipinski definition) is 0. The third-order valence-corrected chi connectivity index (χ3v) is 2.75. The van der Waals surface area contributed by atoms with Gasteiger partial charge in [-0.3, -0.25) is 0 Å². The van der Waals surface area contributed by atoms with Crippen molar-refractivity contribution in [3.63, 3.8) is 0 Å². The van der Waals surface area contributed by atoms with Crippen molar-refractivity contribution in [1.29, 1.82) is 0 Å². The second kappa shape index (κ2) is 6.21. The Bertz CT molecular complexity index is 527. The molecule has 0 saturated carbocycles. The van der Waals surface area contributed by atoms with Gasteiger partial charge >= 0.3 is 5.97 Å². The summed E-state index contributed by atoms with van der Waals surface area (Å²) in [7, 11) is 0. The van der Waals surface area contributed by atoms with E-state index >= 15 is 0 Å². The number of ether oxygens (including phenoxy) is 1. The summed E-state index contributed by atoms with van der Waals surface area (Å²) in [5.74, 6) is 0.227. The van der Waals surface area contributed by atoms with Crippen LogP contribution in [0.4, 0.5) is 0 Å². The van der Waals surface area contributed by atoms with Crippen molar-refractivity contribution in [2.45, 2.75) is 6.61 Å². The van der Waals surface area contributed by atoms with Crippen LogP contribution in [0.15, 0.2) is 57.6 Å². The molecule has 0 N–H and O–H groups in total. The Labute approximate surface area is 113 Å². The molecule has 2 rings (SSSR count). The maximum atomic E-state index is 11.4. The zero-order valence-electron chi connectivity index (χ0n) is 9.51. The summed E-state index contributed by atoms with van der Waals surface area (Å²) in [6.45, 7) is 0.259. The van der Waals surface area contributed by atoms with Gasteiger partial charge in [0.2, 0.25) is 0 Å². The smallest absolute Gasteiger partial charge is 0.331 e. The van der Waals surface area contributed by atoms with Crippen LogP contribution in [0.3, 0.4) is 0 Å². The molecule has 0 fully saturated rings. The third-order valence-electron chi connectivity index (χ3n) is 2.22. The lowest BCUT2D eigenvalue weighted by Gasteiger charge is -2.01. The van der Waals surface area contributed by atoms with E-state index in [1.54, 1.807) is 24.5 Å². The van der Waals surface area contributed by atoms with Gasteiger partial charge in [-0.15, -0.1) is 0 Å². The minimum absolute atomic E-state index is 0.259. The van der Waals surface area contributed by atoms with E-state index in [2.05, 4.69) is 15.9 Å². The molecule has 0 radical (unpaired) electrons. The minimum atomic E-state index is -0.394. The summed E-state index contributed by atoms with van der Waals surface area (Å²) in [5.41, 5.74) is 0.943. The number of rotatable bonds is 4. The number of esters is 1. The number of hydrogen-bond acceptors (Lipinski definition) is 3. The summed E-state index contributed by atoms with van der Waals surface area (Å²) < 4.78 is 11.1. The fourth-order valence-electron chi connectivity index (χ4n) is 1.32. The van der Waals surface area contributed by atoms with Crippen LogP contribution in [-0.4, -0.2) is 5.97 Å². The zero-order chi connectivity index (χ0) is 12.8. The summed E-state index contributed by atoms with van der Waals surface area (Å²) in [5, 5.41) is 0. The summed E-state index contributed by atoms with van der Waals surface area (Å²) in [6, 6.07) is 11.1. The molecule has 92 valence electrons. The predicted molar refractivity (Wildman–Crippen MR) is 71.7 cm³/mol. The molecule has 0 bridgehead atoms. The molecule has 0 unspecified atom stereocenters. The fraction of sp³-hybridized carbons (Fsp3) is 0.0714. The number of benzene rings is 1. The van der Waals surface area contributed by atoms with E-state index in [0.29, 0.717) is 5.76 Å². The van der Waals surface area contributed by atoms with Crippen LogP contribution in [0, 0.1) is 0 Å². The van der Waals surface area contributed by atoms with Crippen LogP contribution in [-0.2, 0) is 16.1 Å². The van der Waals surface area contributed by atoms with Crippen molar-refractivity contribution in [2.75, 3.05) is 0 Å². The molecule has 0 aliphatic rings. The summed E-state index contributed by atoms with van der Waals surface area (Å²) >= 11 is 3.34. The molecule has 0 aliphatic carbocycles. The van der Waals surface area contributed by atoms with E-state index in [1.165, 1.54) is 6.08 Å². The van der Waals surface area contributed by atoms with Gasteiger partial charge in [-0.2, -0.15) is 0 Å². The molecule has 18 heavy (non-hydrogen) atoms. The van der Waals surface area contributed by atoms with Gasteiger partial charge in [-0.1, -0.05) is 28.1 Å². The Kier molecular flexibility index (Phi) is 4.36. The lowest BCUT2D eigenvalue weighted by molar-refractivity contribution is -0.138. The number of furan rings is 1. The molecular formula is C14H11BrO3. The van der Waals surface area contributed by atoms with Crippen molar-refractivity contribution in [3.05, 3.63) is 64.5 Å². The lowest BCUT2D eigenvalue weighted by Crippen LogP contribution is -2.00. The molecule has 4 heteroatoms. The van der Waals surface area contributed by atoms with Crippen molar-refractivity contribution >= 4 is 28.0 Å². The molecule has 0 amide bonds. The third kappa shape index (κ3) is 3.89. The van der Waals surface area contributed by atoms with Gasteiger partial charge in [0.25, 0.3) is 0 Å². The highest BCUT2D eigenvalue weighted by Gasteiger charge is 1.99. The summed E-state index contributed by atoms with van der Waals surface area (Å²) in [4.78, 5) is 11.4. The average molecular weight is 307 g/mol. The largest absolute Gasteiger partial charge is 0.465 e. The first-order chi connectivity index (χ1) is 8.74. The van der Waals surface area contributed by atoms with Gasteiger partial charge in [-0.05, 0) is 35.9 Å². The second-order valence-electron chi connectivity index (χ2n) is 3.58. The van der Waals surface area contributed by atoms with E-state index < -0.39 is 5.97 Å². The quantitative estimate of drug-likeness (QED) is 0.637. The number of carbonyl (C=O) groups excluding carboxylic acids is 1. The van der Waals surface area contributed by atoms with Crippen molar-refractivity contribution in [2.24, 2.45) is 0 Å². The van der Waals surface area contributed by atoms with Crippen LogP contribution in [0.1, 0.15) is 11.3 Å². The van der Waals surface area contributed by atoms with Gasteiger partial charge < -0.3 is 9.15 Å². The molecule has 1 heterocycles. The number of halogens is 1. The lowest BCUT2D eigenvalue weighted by atomic mass is 10.2. The Morgan fingerprint density at radius 3 is 2.72 bits per heavy atom. The SMILES string of the molecule is O=C(C=Cc1ccco1)OCc1ccc(Br)cc1. The predicted octanol–water partition coefficient (Wildman–Crippen LogP) is 3.80. The van der Waals surface area contributed by atoms with Gasteiger partial charge in [0, 0.05) is 10.5 Å². The van der Waals surface area contributed by atoms with Crippen LogP contribution < -0.4 is 0 Å². The first-order valence-corrected chi connectivity index (χ1v) is 6.16. The van der Waals surface area contributed by atoms with E-state index in [9.17, 15) is 4.79 Å². The standard InChI is InChI=1S/C14H11BrO3/c15-12-5-3-11(4-6-12)10-18-14(16)8-7-13-2-1-9-17-13/h1-9H,10H2. The molecule has 0 spiro atoms. The van der Waals surface area contributed by atoms with Gasteiger partial charge in [-0.25, -0.2) is 4.79 Å². The van der Waals surface area contributed by atoms with Crippen LogP contribution in [0.2, 0.25) is 0 Å².